The Balaban J connectivity index is 2.31. The molecule has 0 saturated heterocycles. The van der Waals surface area contributed by atoms with Gasteiger partial charge in [-0.05, 0) is 18.6 Å². The lowest BCUT2D eigenvalue weighted by atomic mass is 10.1. The standard InChI is InChI=1S/C13H14BrNO4/c14-10-6-4-9(5-7-10)11(16)8-15-12(17)2-1-3-13(18)19/h4-7H,1-3,8H2,(H,15,17)(H,18,19). The van der Waals surface area contributed by atoms with Crippen LogP contribution in [0.2, 0.25) is 0 Å². The van der Waals surface area contributed by atoms with Gasteiger partial charge in [0.15, 0.2) is 5.78 Å². The second-order valence-corrected chi connectivity index (χ2v) is 4.87. The van der Waals surface area contributed by atoms with E-state index in [1.165, 1.54) is 0 Å². The lowest BCUT2D eigenvalue weighted by Gasteiger charge is -2.04. The third-order valence-corrected chi connectivity index (χ3v) is 2.94. The van der Waals surface area contributed by atoms with Crippen molar-refractivity contribution in [3.8, 4) is 0 Å². The smallest absolute Gasteiger partial charge is 0.303 e. The fourth-order valence-corrected chi connectivity index (χ4v) is 1.67. The minimum absolute atomic E-state index is 0.0475. The molecule has 6 heteroatoms. The molecule has 0 saturated carbocycles. The van der Waals surface area contributed by atoms with Gasteiger partial charge in [-0.2, -0.15) is 0 Å². The van der Waals surface area contributed by atoms with Crippen LogP contribution in [0.1, 0.15) is 29.6 Å². The second kappa shape index (κ2) is 7.68. The maximum absolute atomic E-state index is 11.7. The molecule has 0 aliphatic heterocycles. The summed E-state index contributed by atoms with van der Waals surface area (Å²) in [5.41, 5.74) is 0.522. The quantitative estimate of drug-likeness (QED) is 0.750. The zero-order chi connectivity index (χ0) is 14.3. The van der Waals surface area contributed by atoms with E-state index >= 15 is 0 Å². The van der Waals surface area contributed by atoms with E-state index in [-0.39, 0.29) is 37.5 Å². The van der Waals surface area contributed by atoms with Crippen LogP contribution in [0, 0.1) is 0 Å². The maximum atomic E-state index is 11.7. The van der Waals surface area contributed by atoms with Crippen LogP contribution in [0.15, 0.2) is 28.7 Å². The topological polar surface area (TPSA) is 83.5 Å². The summed E-state index contributed by atoms with van der Waals surface area (Å²) in [6, 6.07) is 6.84. The first-order valence-electron chi connectivity index (χ1n) is 5.76. The Labute approximate surface area is 119 Å². The van der Waals surface area contributed by atoms with Gasteiger partial charge in [-0.3, -0.25) is 14.4 Å². The molecular weight excluding hydrogens is 314 g/mol. The third-order valence-electron chi connectivity index (χ3n) is 2.41. The molecule has 0 radical (unpaired) electrons. The number of carbonyl (C=O) groups excluding carboxylic acids is 2. The fraction of sp³-hybridized carbons (Fsp3) is 0.308. The maximum Gasteiger partial charge on any atom is 0.303 e. The summed E-state index contributed by atoms with van der Waals surface area (Å²) in [7, 11) is 0. The monoisotopic (exact) mass is 327 g/mol. The first-order valence-corrected chi connectivity index (χ1v) is 6.55. The molecule has 0 bridgehead atoms. The number of hydrogen-bond donors (Lipinski definition) is 2. The Morgan fingerprint density at radius 1 is 1.11 bits per heavy atom. The highest BCUT2D eigenvalue weighted by atomic mass is 79.9. The molecule has 102 valence electrons. The molecule has 0 atom stereocenters. The number of Topliss-reactive ketones (excluding diaryl/α,β-unsaturated/α-hetero) is 1. The third kappa shape index (κ3) is 6.15. The Hall–Kier alpha value is -1.69. The number of benzene rings is 1. The van der Waals surface area contributed by atoms with Gasteiger partial charge in [-0.1, -0.05) is 28.1 Å². The summed E-state index contributed by atoms with van der Waals surface area (Å²) in [6.45, 7) is -0.0759. The zero-order valence-corrected chi connectivity index (χ0v) is 11.8. The number of nitrogens with one attached hydrogen (secondary N) is 1. The number of aliphatic carboxylic acids is 1. The van der Waals surface area contributed by atoms with Crippen LogP contribution >= 0.6 is 15.9 Å². The molecule has 0 aromatic heterocycles. The average Bonchev–Trinajstić information content (AvgIpc) is 2.36. The van der Waals surface area contributed by atoms with Crippen molar-refractivity contribution in [2.24, 2.45) is 0 Å². The number of carboxylic acid groups (broad SMARTS) is 1. The van der Waals surface area contributed by atoms with Crippen molar-refractivity contribution >= 4 is 33.6 Å². The van der Waals surface area contributed by atoms with Gasteiger partial charge >= 0.3 is 5.97 Å². The van der Waals surface area contributed by atoms with Crippen molar-refractivity contribution < 1.29 is 19.5 Å². The van der Waals surface area contributed by atoms with E-state index in [1.54, 1.807) is 24.3 Å². The lowest BCUT2D eigenvalue weighted by Crippen LogP contribution is -2.29. The van der Waals surface area contributed by atoms with Crippen LogP contribution in [0.3, 0.4) is 0 Å². The van der Waals surface area contributed by atoms with Crippen molar-refractivity contribution in [1.82, 2.24) is 5.32 Å². The Morgan fingerprint density at radius 2 is 1.74 bits per heavy atom. The molecule has 1 aromatic carbocycles. The van der Waals surface area contributed by atoms with Crippen LogP contribution in [-0.2, 0) is 9.59 Å². The number of rotatable bonds is 7. The molecule has 0 fully saturated rings. The highest BCUT2D eigenvalue weighted by molar-refractivity contribution is 9.10. The van der Waals surface area contributed by atoms with Crippen molar-refractivity contribution in [2.75, 3.05) is 6.54 Å². The molecular formula is C13H14BrNO4. The summed E-state index contributed by atoms with van der Waals surface area (Å²) in [4.78, 5) is 33.3. The van der Waals surface area contributed by atoms with E-state index in [2.05, 4.69) is 21.2 Å². The van der Waals surface area contributed by atoms with Gasteiger partial charge in [0.05, 0.1) is 6.54 Å². The minimum atomic E-state index is -0.932. The van der Waals surface area contributed by atoms with Gasteiger partial charge in [-0.15, -0.1) is 0 Å². The van der Waals surface area contributed by atoms with Crippen LogP contribution in [0.4, 0.5) is 0 Å². The van der Waals surface area contributed by atoms with Crippen molar-refractivity contribution in [3.63, 3.8) is 0 Å². The molecule has 0 aliphatic rings. The summed E-state index contributed by atoms with van der Waals surface area (Å²) >= 11 is 3.27. The number of amides is 1. The van der Waals surface area contributed by atoms with Gasteiger partial charge in [-0.25, -0.2) is 0 Å². The van der Waals surface area contributed by atoms with Crippen LogP contribution in [0.5, 0.6) is 0 Å². The first-order chi connectivity index (χ1) is 8.99. The number of hydrogen-bond acceptors (Lipinski definition) is 3. The van der Waals surface area contributed by atoms with E-state index < -0.39 is 5.97 Å². The molecule has 5 nitrogen and oxygen atoms in total. The van der Waals surface area contributed by atoms with Gasteiger partial charge < -0.3 is 10.4 Å². The van der Waals surface area contributed by atoms with Crippen LogP contribution < -0.4 is 5.32 Å². The molecule has 19 heavy (non-hydrogen) atoms. The number of halogens is 1. The number of carbonyl (C=O) groups is 3. The molecule has 0 heterocycles. The number of ketones is 1. The van der Waals surface area contributed by atoms with Gasteiger partial charge in [0.2, 0.25) is 5.91 Å². The van der Waals surface area contributed by atoms with Crippen LogP contribution in [-0.4, -0.2) is 29.3 Å². The molecule has 2 N–H and O–H groups in total. The van der Waals surface area contributed by atoms with E-state index in [9.17, 15) is 14.4 Å². The average molecular weight is 328 g/mol. The predicted octanol–water partition coefficient (Wildman–Crippen LogP) is 2.00. The van der Waals surface area contributed by atoms with Gasteiger partial charge in [0, 0.05) is 22.9 Å². The predicted molar refractivity (Wildman–Crippen MR) is 73.0 cm³/mol. The second-order valence-electron chi connectivity index (χ2n) is 3.95. The lowest BCUT2D eigenvalue weighted by molar-refractivity contribution is -0.137. The molecule has 0 spiro atoms. The number of carboxylic acids is 1. The highest BCUT2D eigenvalue weighted by Gasteiger charge is 2.08. The molecule has 0 unspecified atom stereocenters. The van der Waals surface area contributed by atoms with Crippen molar-refractivity contribution in [1.29, 1.82) is 0 Å². The van der Waals surface area contributed by atoms with Crippen molar-refractivity contribution in [3.05, 3.63) is 34.3 Å². The molecule has 1 amide bonds. The van der Waals surface area contributed by atoms with Crippen molar-refractivity contribution in [2.45, 2.75) is 19.3 Å². The fourth-order valence-electron chi connectivity index (χ4n) is 1.41. The Kier molecular flexibility index (Phi) is 6.21. The normalized spacial score (nSPS) is 9.95. The highest BCUT2D eigenvalue weighted by Crippen LogP contribution is 2.10. The summed E-state index contributed by atoms with van der Waals surface area (Å²) in [5.74, 6) is -1.43. The zero-order valence-electron chi connectivity index (χ0n) is 10.2. The Bertz CT molecular complexity index is 470. The molecule has 1 aromatic rings. The summed E-state index contributed by atoms with van der Waals surface area (Å²) in [6.07, 6.45) is 0.335. The largest absolute Gasteiger partial charge is 0.481 e. The summed E-state index contributed by atoms with van der Waals surface area (Å²) < 4.78 is 0.877. The SMILES string of the molecule is O=C(O)CCCC(=O)NCC(=O)c1ccc(Br)cc1. The summed E-state index contributed by atoms with van der Waals surface area (Å²) in [5, 5.41) is 10.9. The molecule has 1 rings (SSSR count). The molecule has 0 aliphatic carbocycles. The van der Waals surface area contributed by atoms with E-state index in [1.807, 2.05) is 0 Å². The van der Waals surface area contributed by atoms with E-state index in [4.69, 9.17) is 5.11 Å². The Morgan fingerprint density at radius 3 is 2.32 bits per heavy atom. The minimum Gasteiger partial charge on any atom is -0.481 e. The van der Waals surface area contributed by atoms with Crippen LogP contribution in [0.25, 0.3) is 0 Å². The van der Waals surface area contributed by atoms with Gasteiger partial charge in [0.25, 0.3) is 0 Å². The van der Waals surface area contributed by atoms with Gasteiger partial charge in [0.1, 0.15) is 0 Å². The first kappa shape index (κ1) is 15.4. The van der Waals surface area contributed by atoms with E-state index in [0.29, 0.717) is 5.56 Å². The van der Waals surface area contributed by atoms with E-state index in [0.717, 1.165) is 4.47 Å².